The number of carbonyl (C=O) groups excluding carboxylic acids is 1. The van der Waals surface area contributed by atoms with Crippen molar-refractivity contribution in [2.24, 2.45) is 0 Å². The second kappa shape index (κ2) is 4.78. The summed E-state index contributed by atoms with van der Waals surface area (Å²) in [6.45, 7) is 3.34. The zero-order chi connectivity index (χ0) is 12.3. The molecule has 0 bridgehead atoms. The van der Waals surface area contributed by atoms with Crippen molar-refractivity contribution in [3.63, 3.8) is 0 Å². The molecule has 3 nitrogen and oxygen atoms in total. The van der Waals surface area contributed by atoms with Gasteiger partial charge < -0.3 is 4.74 Å². The summed E-state index contributed by atoms with van der Waals surface area (Å²) in [6, 6.07) is 13.2. The molecule has 0 spiro atoms. The van der Waals surface area contributed by atoms with Gasteiger partial charge in [0.2, 0.25) is 0 Å². The molecule has 3 heteroatoms. The monoisotopic (exact) mass is 227 g/mol. The van der Waals surface area contributed by atoms with E-state index >= 15 is 0 Å². The molecule has 0 aliphatic heterocycles. The van der Waals surface area contributed by atoms with Gasteiger partial charge in [0, 0.05) is 18.2 Å². The van der Waals surface area contributed by atoms with Gasteiger partial charge in [-0.25, -0.2) is 0 Å². The van der Waals surface area contributed by atoms with Crippen LogP contribution in [-0.4, -0.2) is 11.0 Å². The molecule has 17 heavy (non-hydrogen) atoms. The van der Waals surface area contributed by atoms with Gasteiger partial charge in [-0.2, -0.15) is 0 Å². The van der Waals surface area contributed by atoms with Gasteiger partial charge in [-0.15, -0.1) is 0 Å². The maximum atomic E-state index is 10.8. The Kier molecular flexibility index (Phi) is 3.19. The highest BCUT2D eigenvalue weighted by molar-refractivity contribution is 5.70. The van der Waals surface area contributed by atoms with Crippen LogP contribution in [-0.2, 0) is 4.79 Å². The summed E-state index contributed by atoms with van der Waals surface area (Å²) in [5.41, 5.74) is 2.90. The molecule has 0 saturated carbocycles. The molecule has 86 valence electrons. The van der Waals surface area contributed by atoms with E-state index < -0.39 is 0 Å². The van der Waals surface area contributed by atoms with Crippen molar-refractivity contribution in [1.29, 1.82) is 0 Å². The van der Waals surface area contributed by atoms with E-state index in [1.165, 1.54) is 6.92 Å². The van der Waals surface area contributed by atoms with Crippen molar-refractivity contribution in [1.82, 2.24) is 4.98 Å². The number of esters is 1. The fourth-order valence-corrected chi connectivity index (χ4v) is 1.56. The van der Waals surface area contributed by atoms with Crippen LogP contribution in [0.4, 0.5) is 0 Å². The third kappa shape index (κ3) is 2.91. The second-order valence-electron chi connectivity index (χ2n) is 3.78. The average molecular weight is 227 g/mol. The number of ether oxygens (including phenoxy) is 1. The number of aromatic nitrogens is 1. The summed E-state index contributed by atoms with van der Waals surface area (Å²) in [7, 11) is 0. The molecule has 0 atom stereocenters. The topological polar surface area (TPSA) is 39.2 Å². The number of nitrogens with zero attached hydrogens (tertiary/aromatic N) is 1. The highest BCUT2D eigenvalue weighted by Crippen LogP contribution is 2.20. The van der Waals surface area contributed by atoms with Gasteiger partial charge in [-0.05, 0) is 43.3 Å². The minimum atomic E-state index is -0.313. The Morgan fingerprint density at radius 1 is 1.12 bits per heavy atom. The van der Waals surface area contributed by atoms with Crippen LogP contribution >= 0.6 is 0 Å². The van der Waals surface area contributed by atoms with Gasteiger partial charge >= 0.3 is 5.97 Å². The van der Waals surface area contributed by atoms with Crippen molar-refractivity contribution >= 4 is 5.97 Å². The maximum absolute atomic E-state index is 10.8. The molecule has 2 rings (SSSR count). The molecular weight excluding hydrogens is 214 g/mol. The van der Waals surface area contributed by atoms with Gasteiger partial charge in [0.05, 0.1) is 5.69 Å². The maximum Gasteiger partial charge on any atom is 0.308 e. The summed E-state index contributed by atoms with van der Waals surface area (Å²) in [5.74, 6) is 0.236. The molecule has 0 saturated heterocycles. The third-order valence-electron chi connectivity index (χ3n) is 2.30. The van der Waals surface area contributed by atoms with Crippen molar-refractivity contribution in [2.45, 2.75) is 13.8 Å². The summed E-state index contributed by atoms with van der Waals surface area (Å²) < 4.78 is 4.97. The number of aryl methyl sites for hydroxylation is 1. The van der Waals surface area contributed by atoms with Crippen LogP contribution in [0.5, 0.6) is 5.75 Å². The first-order chi connectivity index (χ1) is 8.15. The van der Waals surface area contributed by atoms with Gasteiger partial charge in [0.1, 0.15) is 5.75 Å². The van der Waals surface area contributed by atoms with Crippen molar-refractivity contribution in [2.75, 3.05) is 0 Å². The lowest BCUT2D eigenvalue weighted by Crippen LogP contribution is -2.00. The largest absolute Gasteiger partial charge is 0.427 e. The van der Waals surface area contributed by atoms with Crippen LogP contribution in [0.3, 0.4) is 0 Å². The van der Waals surface area contributed by atoms with Crippen LogP contribution in [0, 0.1) is 6.92 Å². The SMILES string of the molecule is CC(=O)Oc1ccc(-c2cccc(C)n2)cc1. The number of hydrogen-bond acceptors (Lipinski definition) is 3. The van der Waals surface area contributed by atoms with E-state index in [1.807, 2.05) is 37.3 Å². The third-order valence-corrected chi connectivity index (χ3v) is 2.30. The quantitative estimate of drug-likeness (QED) is 0.585. The predicted molar refractivity (Wildman–Crippen MR) is 65.7 cm³/mol. The van der Waals surface area contributed by atoms with E-state index in [1.54, 1.807) is 12.1 Å². The van der Waals surface area contributed by atoms with Gasteiger partial charge in [0.25, 0.3) is 0 Å². The van der Waals surface area contributed by atoms with E-state index in [0.717, 1.165) is 17.0 Å². The zero-order valence-electron chi connectivity index (χ0n) is 9.81. The van der Waals surface area contributed by atoms with E-state index in [-0.39, 0.29) is 5.97 Å². The van der Waals surface area contributed by atoms with Gasteiger partial charge in [0.15, 0.2) is 0 Å². The van der Waals surface area contributed by atoms with Crippen LogP contribution in [0.15, 0.2) is 42.5 Å². The molecular formula is C14H13NO2. The fourth-order valence-electron chi connectivity index (χ4n) is 1.56. The van der Waals surface area contributed by atoms with Crippen LogP contribution in [0.25, 0.3) is 11.3 Å². The number of rotatable bonds is 2. The highest BCUT2D eigenvalue weighted by atomic mass is 16.5. The standard InChI is InChI=1S/C14H13NO2/c1-10-4-3-5-14(15-10)12-6-8-13(9-7-12)17-11(2)16/h3-9H,1-2H3. The Labute approximate surface area is 100 Å². The Balaban J connectivity index is 2.26. The van der Waals surface area contributed by atoms with Crippen molar-refractivity contribution in [3.8, 4) is 17.0 Å². The summed E-state index contributed by atoms with van der Waals surface area (Å²) in [6.07, 6.45) is 0. The normalized spacial score (nSPS) is 10.0. The molecule has 1 heterocycles. The molecule has 0 unspecified atom stereocenters. The second-order valence-corrected chi connectivity index (χ2v) is 3.78. The Morgan fingerprint density at radius 2 is 1.82 bits per heavy atom. The first kappa shape index (κ1) is 11.3. The lowest BCUT2D eigenvalue weighted by Gasteiger charge is -2.04. The zero-order valence-corrected chi connectivity index (χ0v) is 9.81. The Morgan fingerprint density at radius 3 is 2.41 bits per heavy atom. The highest BCUT2D eigenvalue weighted by Gasteiger charge is 2.01. The summed E-state index contributed by atoms with van der Waals surface area (Å²) in [4.78, 5) is 15.2. The molecule has 0 radical (unpaired) electrons. The number of pyridine rings is 1. The molecule has 0 fully saturated rings. The molecule has 0 amide bonds. The van der Waals surface area contributed by atoms with E-state index in [0.29, 0.717) is 5.75 Å². The molecule has 0 aliphatic carbocycles. The summed E-state index contributed by atoms with van der Waals surface area (Å²) in [5, 5.41) is 0. The van der Waals surface area contributed by atoms with Crippen LogP contribution in [0.2, 0.25) is 0 Å². The molecule has 0 N–H and O–H groups in total. The first-order valence-corrected chi connectivity index (χ1v) is 5.37. The van der Waals surface area contributed by atoms with Crippen molar-refractivity contribution in [3.05, 3.63) is 48.2 Å². The minimum Gasteiger partial charge on any atom is -0.427 e. The Hall–Kier alpha value is -2.16. The predicted octanol–water partition coefficient (Wildman–Crippen LogP) is 2.98. The van der Waals surface area contributed by atoms with Gasteiger partial charge in [-0.1, -0.05) is 6.07 Å². The number of carbonyl (C=O) groups is 1. The number of hydrogen-bond donors (Lipinski definition) is 0. The molecule has 1 aromatic heterocycles. The van der Waals surface area contributed by atoms with Crippen molar-refractivity contribution < 1.29 is 9.53 Å². The summed E-state index contributed by atoms with van der Waals surface area (Å²) >= 11 is 0. The van der Waals surface area contributed by atoms with Crippen LogP contribution < -0.4 is 4.74 Å². The average Bonchev–Trinajstić information content (AvgIpc) is 2.29. The van der Waals surface area contributed by atoms with E-state index in [9.17, 15) is 4.79 Å². The first-order valence-electron chi connectivity index (χ1n) is 5.37. The van der Waals surface area contributed by atoms with E-state index in [4.69, 9.17) is 4.74 Å². The lowest BCUT2D eigenvalue weighted by molar-refractivity contribution is -0.131. The number of benzene rings is 1. The minimum absolute atomic E-state index is 0.313. The molecule has 1 aromatic carbocycles. The smallest absolute Gasteiger partial charge is 0.308 e. The van der Waals surface area contributed by atoms with E-state index in [2.05, 4.69) is 4.98 Å². The molecule has 0 aliphatic rings. The fraction of sp³-hybridized carbons (Fsp3) is 0.143. The Bertz CT molecular complexity index is 532. The lowest BCUT2D eigenvalue weighted by atomic mass is 10.1. The molecule has 2 aromatic rings. The van der Waals surface area contributed by atoms with Gasteiger partial charge in [-0.3, -0.25) is 9.78 Å². The van der Waals surface area contributed by atoms with Crippen LogP contribution in [0.1, 0.15) is 12.6 Å².